The molecule has 21 heavy (non-hydrogen) atoms. The fourth-order valence-corrected chi connectivity index (χ4v) is 2.90. The molecule has 6 heteroatoms. The zero-order valence-electron chi connectivity index (χ0n) is 11.1. The third-order valence-corrected chi connectivity index (χ3v) is 3.80. The van der Waals surface area contributed by atoms with E-state index in [0.29, 0.717) is 11.1 Å². The van der Waals surface area contributed by atoms with Gasteiger partial charge in [-0.15, -0.1) is 0 Å². The Kier molecular flexibility index (Phi) is 3.13. The molecule has 3 rings (SSSR count). The standard InChI is InChI=1S/C15H12N2O4/c18-16(19)12-5-1-4-11(9-12)15-13-6-2-3-10(13)7-8-14(15)17(20)21/h1,4-5,7-9H,2-3,6H2. The monoisotopic (exact) mass is 284 g/mol. The molecule has 0 bridgehead atoms. The molecule has 0 unspecified atom stereocenters. The lowest BCUT2D eigenvalue weighted by Crippen LogP contribution is -1.98. The Hall–Kier alpha value is -2.76. The first-order valence-corrected chi connectivity index (χ1v) is 6.62. The smallest absolute Gasteiger partial charge is 0.258 e. The van der Waals surface area contributed by atoms with Crippen molar-refractivity contribution in [3.05, 3.63) is 67.8 Å². The van der Waals surface area contributed by atoms with Gasteiger partial charge in [-0.25, -0.2) is 0 Å². The SMILES string of the molecule is O=[N+]([O-])c1cccc(-c2c([N+](=O)[O-])ccc3c2CCC3)c1. The van der Waals surface area contributed by atoms with Crippen LogP contribution in [0.3, 0.4) is 0 Å². The van der Waals surface area contributed by atoms with Gasteiger partial charge < -0.3 is 0 Å². The number of nitro groups is 2. The van der Waals surface area contributed by atoms with Gasteiger partial charge in [0.1, 0.15) is 0 Å². The summed E-state index contributed by atoms with van der Waals surface area (Å²) in [6.07, 6.45) is 2.63. The van der Waals surface area contributed by atoms with Crippen LogP contribution >= 0.6 is 0 Å². The lowest BCUT2D eigenvalue weighted by molar-refractivity contribution is -0.385. The first kappa shape index (κ1) is 13.2. The summed E-state index contributed by atoms with van der Waals surface area (Å²) in [5.74, 6) is 0. The van der Waals surface area contributed by atoms with Crippen molar-refractivity contribution in [2.24, 2.45) is 0 Å². The van der Waals surface area contributed by atoms with Gasteiger partial charge >= 0.3 is 0 Å². The molecule has 0 saturated carbocycles. The fourth-order valence-electron chi connectivity index (χ4n) is 2.90. The number of non-ortho nitro benzene ring substituents is 1. The lowest BCUT2D eigenvalue weighted by Gasteiger charge is -2.09. The van der Waals surface area contributed by atoms with Crippen LogP contribution in [0.4, 0.5) is 11.4 Å². The predicted molar refractivity (Wildman–Crippen MR) is 77.2 cm³/mol. The number of hydrogen-bond donors (Lipinski definition) is 0. The number of nitro benzene ring substituents is 2. The average Bonchev–Trinajstić information content (AvgIpc) is 2.94. The van der Waals surface area contributed by atoms with E-state index in [-0.39, 0.29) is 11.4 Å². The van der Waals surface area contributed by atoms with Crippen molar-refractivity contribution in [1.82, 2.24) is 0 Å². The van der Waals surface area contributed by atoms with Crippen LogP contribution in [0.1, 0.15) is 17.5 Å². The number of benzene rings is 2. The molecule has 0 fully saturated rings. The highest BCUT2D eigenvalue weighted by atomic mass is 16.6. The number of rotatable bonds is 3. The highest BCUT2D eigenvalue weighted by Gasteiger charge is 2.25. The van der Waals surface area contributed by atoms with Crippen LogP contribution in [0.5, 0.6) is 0 Å². The summed E-state index contributed by atoms with van der Waals surface area (Å²) in [7, 11) is 0. The quantitative estimate of drug-likeness (QED) is 0.635. The van der Waals surface area contributed by atoms with E-state index in [9.17, 15) is 20.2 Å². The highest BCUT2D eigenvalue weighted by Crippen LogP contribution is 2.39. The molecule has 0 N–H and O–H groups in total. The van der Waals surface area contributed by atoms with E-state index in [1.807, 2.05) is 0 Å². The highest BCUT2D eigenvalue weighted by molar-refractivity contribution is 5.79. The predicted octanol–water partition coefficient (Wildman–Crippen LogP) is 3.66. The second kappa shape index (κ2) is 4.97. The van der Waals surface area contributed by atoms with E-state index >= 15 is 0 Å². The van der Waals surface area contributed by atoms with Crippen LogP contribution in [-0.4, -0.2) is 9.85 Å². The number of hydrogen-bond acceptors (Lipinski definition) is 4. The van der Waals surface area contributed by atoms with E-state index in [4.69, 9.17) is 0 Å². The van der Waals surface area contributed by atoms with E-state index in [1.54, 1.807) is 18.2 Å². The average molecular weight is 284 g/mol. The fraction of sp³-hybridized carbons (Fsp3) is 0.200. The maximum Gasteiger partial charge on any atom is 0.277 e. The van der Waals surface area contributed by atoms with Crippen molar-refractivity contribution in [3.63, 3.8) is 0 Å². The molecular weight excluding hydrogens is 272 g/mol. The first-order valence-electron chi connectivity index (χ1n) is 6.62. The Morgan fingerprint density at radius 1 is 0.952 bits per heavy atom. The van der Waals surface area contributed by atoms with E-state index < -0.39 is 9.85 Å². The van der Waals surface area contributed by atoms with E-state index in [2.05, 4.69) is 0 Å². The van der Waals surface area contributed by atoms with Crippen LogP contribution in [0.2, 0.25) is 0 Å². The normalized spacial score (nSPS) is 13.0. The molecule has 2 aromatic rings. The van der Waals surface area contributed by atoms with Gasteiger partial charge in [0.15, 0.2) is 0 Å². The summed E-state index contributed by atoms with van der Waals surface area (Å²) in [5.41, 5.74) is 3.06. The molecule has 2 aromatic carbocycles. The summed E-state index contributed by atoms with van der Waals surface area (Å²) < 4.78 is 0. The molecule has 0 aromatic heterocycles. The van der Waals surface area contributed by atoms with Gasteiger partial charge in [-0.3, -0.25) is 20.2 Å². The number of fused-ring (bicyclic) bond motifs is 1. The zero-order valence-corrected chi connectivity index (χ0v) is 11.1. The van der Waals surface area contributed by atoms with Crippen LogP contribution in [0, 0.1) is 20.2 Å². The Bertz CT molecular complexity index is 755. The van der Waals surface area contributed by atoms with Gasteiger partial charge in [-0.2, -0.15) is 0 Å². The molecule has 0 radical (unpaired) electrons. The van der Waals surface area contributed by atoms with Crippen molar-refractivity contribution in [1.29, 1.82) is 0 Å². The minimum absolute atomic E-state index is 0.0103. The van der Waals surface area contributed by atoms with Crippen LogP contribution in [0.25, 0.3) is 11.1 Å². The zero-order chi connectivity index (χ0) is 15.0. The molecule has 1 aliphatic rings. The van der Waals surface area contributed by atoms with Crippen molar-refractivity contribution in [3.8, 4) is 11.1 Å². The van der Waals surface area contributed by atoms with Crippen molar-refractivity contribution in [2.75, 3.05) is 0 Å². The van der Waals surface area contributed by atoms with Crippen LogP contribution in [-0.2, 0) is 12.8 Å². The molecule has 6 nitrogen and oxygen atoms in total. The third kappa shape index (κ3) is 2.24. The Labute approximate surface area is 120 Å². The number of aryl methyl sites for hydroxylation is 1. The summed E-state index contributed by atoms with van der Waals surface area (Å²) >= 11 is 0. The summed E-state index contributed by atoms with van der Waals surface area (Å²) in [6.45, 7) is 0. The second-order valence-corrected chi connectivity index (χ2v) is 5.02. The van der Waals surface area contributed by atoms with Crippen LogP contribution < -0.4 is 0 Å². The minimum atomic E-state index is -0.488. The molecule has 0 amide bonds. The summed E-state index contributed by atoms with van der Waals surface area (Å²) in [4.78, 5) is 21.3. The largest absolute Gasteiger partial charge is 0.277 e. The summed E-state index contributed by atoms with van der Waals surface area (Å²) in [5, 5.41) is 22.2. The second-order valence-electron chi connectivity index (χ2n) is 5.02. The van der Waals surface area contributed by atoms with E-state index in [0.717, 1.165) is 30.4 Å². The topological polar surface area (TPSA) is 86.3 Å². The Morgan fingerprint density at radius 3 is 2.48 bits per heavy atom. The van der Waals surface area contributed by atoms with Crippen LogP contribution in [0.15, 0.2) is 36.4 Å². The number of nitrogens with zero attached hydrogens (tertiary/aromatic N) is 2. The minimum Gasteiger partial charge on any atom is -0.258 e. The molecule has 0 spiro atoms. The Balaban J connectivity index is 2.26. The molecular formula is C15H12N2O4. The molecule has 0 atom stereocenters. The summed E-state index contributed by atoms with van der Waals surface area (Å²) in [6, 6.07) is 9.33. The van der Waals surface area contributed by atoms with Crippen molar-refractivity contribution in [2.45, 2.75) is 19.3 Å². The maximum absolute atomic E-state index is 11.3. The van der Waals surface area contributed by atoms with Gasteiger partial charge in [0.25, 0.3) is 11.4 Å². The Morgan fingerprint density at radius 2 is 1.76 bits per heavy atom. The van der Waals surface area contributed by atoms with Gasteiger partial charge in [0.2, 0.25) is 0 Å². The van der Waals surface area contributed by atoms with Crippen molar-refractivity contribution >= 4 is 11.4 Å². The molecule has 106 valence electrons. The molecule has 1 aliphatic carbocycles. The first-order chi connectivity index (χ1) is 10.1. The van der Waals surface area contributed by atoms with Gasteiger partial charge in [-0.05, 0) is 36.0 Å². The molecule has 0 saturated heterocycles. The van der Waals surface area contributed by atoms with Gasteiger partial charge in [-0.1, -0.05) is 18.2 Å². The molecule has 0 aliphatic heterocycles. The van der Waals surface area contributed by atoms with Gasteiger partial charge in [0, 0.05) is 18.2 Å². The molecule has 0 heterocycles. The van der Waals surface area contributed by atoms with Crippen molar-refractivity contribution < 1.29 is 9.85 Å². The third-order valence-electron chi connectivity index (χ3n) is 3.80. The van der Waals surface area contributed by atoms with E-state index in [1.165, 1.54) is 18.2 Å². The van der Waals surface area contributed by atoms with Gasteiger partial charge in [0.05, 0.1) is 15.4 Å². The maximum atomic E-state index is 11.3. The lowest BCUT2D eigenvalue weighted by atomic mass is 9.95.